The molecule has 4 rings (SSSR count). The first kappa shape index (κ1) is 24.1. The number of carbonyl (C=O) groups excluding carboxylic acids is 2. The van der Waals surface area contributed by atoms with E-state index in [1.807, 2.05) is 31.2 Å². The third kappa shape index (κ3) is 4.25. The number of benzene rings is 2. The van der Waals surface area contributed by atoms with Crippen molar-refractivity contribution in [1.82, 2.24) is 10.2 Å². The molecule has 4 nitrogen and oxygen atoms in total. The number of nitrogens with zero attached hydrogens (tertiary/aromatic N) is 1. The van der Waals surface area contributed by atoms with Gasteiger partial charge in [-0.25, -0.2) is 0 Å². The number of likely N-dealkylation sites (tertiary alicyclic amines) is 1. The molecule has 10 heteroatoms. The summed E-state index contributed by atoms with van der Waals surface area (Å²) in [4.78, 5) is 27.0. The standard InChI is InChI=1S/C24H22F6N2O2/c1-14-4-2-3-5-18(14)19-13-31-21(34)22(19)6-8-32(9-7-22)20(33)15-10-16(23(25,26)27)12-17(11-15)24(28,29)30/h2-5,10-12,19H,6-9,13H2,1H3,(H,31,34). The van der Waals surface area contributed by atoms with Crippen LogP contribution in [0.3, 0.4) is 0 Å². The number of amides is 2. The van der Waals surface area contributed by atoms with Crippen molar-refractivity contribution in [3.8, 4) is 0 Å². The molecule has 2 aliphatic heterocycles. The van der Waals surface area contributed by atoms with Crippen LogP contribution in [0.25, 0.3) is 0 Å². The quantitative estimate of drug-likeness (QED) is 0.599. The van der Waals surface area contributed by atoms with Crippen LogP contribution in [0.1, 0.15) is 51.4 Å². The summed E-state index contributed by atoms with van der Waals surface area (Å²) in [6, 6.07) is 8.54. The molecule has 1 atom stereocenters. The summed E-state index contributed by atoms with van der Waals surface area (Å²) in [5.74, 6) is -1.20. The fourth-order valence-electron chi connectivity index (χ4n) is 5.06. The van der Waals surface area contributed by atoms with Crippen LogP contribution in [0.5, 0.6) is 0 Å². The first-order chi connectivity index (χ1) is 15.8. The fourth-order valence-corrected chi connectivity index (χ4v) is 5.06. The summed E-state index contributed by atoms with van der Waals surface area (Å²) in [7, 11) is 0. The summed E-state index contributed by atoms with van der Waals surface area (Å²) in [6.07, 6.45) is -9.56. The van der Waals surface area contributed by atoms with E-state index in [1.54, 1.807) is 0 Å². The van der Waals surface area contributed by atoms with Gasteiger partial charge in [-0.2, -0.15) is 26.3 Å². The van der Waals surface area contributed by atoms with E-state index >= 15 is 0 Å². The topological polar surface area (TPSA) is 49.4 Å². The lowest BCUT2D eigenvalue weighted by atomic mass is 9.67. The number of alkyl halides is 6. The molecule has 1 spiro atoms. The first-order valence-electron chi connectivity index (χ1n) is 10.8. The molecule has 34 heavy (non-hydrogen) atoms. The summed E-state index contributed by atoms with van der Waals surface area (Å²) in [5.41, 5.74) is -2.50. The Kier molecular flexibility index (Phi) is 5.90. The van der Waals surface area contributed by atoms with Crippen molar-refractivity contribution in [3.05, 3.63) is 70.3 Å². The molecule has 1 unspecified atom stereocenters. The summed E-state index contributed by atoms with van der Waals surface area (Å²) in [6.45, 7) is 2.47. The highest BCUT2D eigenvalue weighted by molar-refractivity contribution is 5.95. The molecule has 0 radical (unpaired) electrons. The Morgan fingerprint density at radius 1 is 0.971 bits per heavy atom. The van der Waals surface area contributed by atoms with Crippen LogP contribution >= 0.6 is 0 Å². The zero-order chi connectivity index (χ0) is 24.9. The van der Waals surface area contributed by atoms with Crippen molar-refractivity contribution >= 4 is 11.8 Å². The van der Waals surface area contributed by atoms with E-state index in [4.69, 9.17) is 0 Å². The van der Waals surface area contributed by atoms with Gasteiger partial charge in [0.1, 0.15) is 0 Å². The monoisotopic (exact) mass is 484 g/mol. The maximum atomic E-state index is 13.2. The highest BCUT2D eigenvalue weighted by Crippen LogP contribution is 2.48. The van der Waals surface area contributed by atoms with E-state index < -0.39 is 40.4 Å². The molecule has 0 aliphatic carbocycles. The molecule has 0 bridgehead atoms. The lowest BCUT2D eigenvalue weighted by Crippen LogP contribution is -2.48. The Balaban J connectivity index is 1.59. The lowest BCUT2D eigenvalue weighted by Gasteiger charge is -2.41. The minimum atomic E-state index is -5.04. The average molecular weight is 484 g/mol. The summed E-state index contributed by atoms with van der Waals surface area (Å²) < 4.78 is 79.1. The van der Waals surface area contributed by atoms with Crippen LogP contribution in [0, 0.1) is 12.3 Å². The van der Waals surface area contributed by atoms with Gasteiger partial charge in [0.15, 0.2) is 0 Å². The Hall–Kier alpha value is -3.04. The van der Waals surface area contributed by atoms with Gasteiger partial charge in [-0.1, -0.05) is 24.3 Å². The second-order valence-corrected chi connectivity index (χ2v) is 8.86. The fraction of sp³-hybridized carbons (Fsp3) is 0.417. The van der Waals surface area contributed by atoms with Crippen LogP contribution < -0.4 is 5.32 Å². The molecule has 2 saturated heterocycles. The minimum Gasteiger partial charge on any atom is -0.355 e. The second-order valence-electron chi connectivity index (χ2n) is 8.86. The lowest BCUT2D eigenvalue weighted by molar-refractivity contribution is -0.143. The summed E-state index contributed by atoms with van der Waals surface area (Å²) in [5, 5.41) is 2.89. The Labute approximate surface area is 191 Å². The van der Waals surface area contributed by atoms with E-state index in [-0.39, 0.29) is 43.8 Å². The maximum absolute atomic E-state index is 13.2. The number of aryl methyl sites for hydroxylation is 1. The summed E-state index contributed by atoms with van der Waals surface area (Å²) >= 11 is 0. The molecule has 0 saturated carbocycles. The molecule has 2 heterocycles. The Bertz CT molecular complexity index is 1080. The third-order valence-corrected chi connectivity index (χ3v) is 6.93. The van der Waals surface area contributed by atoms with Gasteiger partial charge in [-0.05, 0) is 49.1 Å². The van der Waals surface area contributed by atoms with Crippen molar-refractivity contribution < 1.29 is 35.9 Å². The predicted octanol–water partition coefficient (Wildman–Crippen LogP) is 5.17. The van der Waals surface area contributed by atoms with Crippen molar-refractivity contribution in [2.24, 2.45) is 5.41 Å². The van der Waals surface area contributed by atoms with E-state index in [9.17, 15) is 35.9 Å². The minimum absolute atomic E-state index is 0.00235. The van der Waals surface area contributed by atoms with Crippen LogP contribution in [0.4, 0.5) is 26.3 Å². The van der Waals surface area contributed by atoms with Gasteiger partial charge in [0, 0.05) is 31.1 Å². The molecule has 2 aromatic carbocycles. The van der Waals surface area contributed by atoms with E-state index in [2.05, 4.69) is 5.32 Å². The van der Waals surface area contributed by atoms with Gasteiger partial charge >= 0.3 is 12.4 Å². The molecule has 2 aromatic rings. The van der Waals surface area contributed by atoms with E-state index in [0.717, 1.165) is 11.1 Å². The van der Waals surface area contributed by atoms with Gasteiger partial charge in [0.25, 0.3) is 5.91 Å². The Morgan fingerprint density at radius 3 is 2.06 bits per heavy atom. The van der Waals surface area contributed by atoms with Gasteiger partial charge in [-0.3, -0.25) is 9.59 Å². The molecule has 1 N–H and O–H groups in total. The predicted molar refractivity (Wildman–Crippen MR) is 111 cm³/mol. The van der Waals surface area contributed by atoms with Crippen molar-refractivity contribution in [3.63, 3.8) is 0 Å². The smallest absolute Gasteiger partial charge is 0.355 e. The van der Waals surface area contributed by atoms with Crippen molar-refractivity contribution in [1.29, 1.82) is 0 Å². The molecule has 2 amide bonds. The van der Waals surface area contributed by atoms with Crippen molar-refractivity contribution in [2.75, 3.05) is 19.6 Å². The zero-order valence-electron chi connectivity index (χ0n) is 18.2. The van der Waals surface area contributed by atoms with Gasteiger partial charge in [0.2, 0.25) is 5.91 Å². The maximum Gasteiger partial charge on any atom is 0.416 e. The third-order valence-electron chi connectivity index (χ3n) is 6.93. The van der Waals surface area contributed by atoms with Crippen LogP contribution in [0.2, 0.25) is 0 Å². The van der Waals surface area contributed by atoms with Crippen LogP contribution in [0.15, 0.2) is 42.5 Å². The SMILES string of the molecule is Cc1ccccc1C1CNC(=O)C12CCN(C(=O)c1cc(C(F)(F)F)cc(C(F)(F)F)c1)CC2. The van der Waals surface area contributed by atoms with Crippen LogP contribution in [-0.4, -0.2) is 36.3 Å². The molecular formula is C24H22F6N2O2. The average Bonchev–Trinajstić information content (AvgIpc) is 3.08. The molecule has 0 aromatic heterocycles. The number of hydrogen-bond acceptors (Lipinski definition) is 2. The Morgan fingerprint density at radius 2 is 1.53 bits per heavy atom. The van der Waals surface area contributed by atoms with Gasteiger partial charge in [0.05, 0.1) is 16.5 Å². The van der Waals surface area contributed by atoms with Crippen LogP contribution in [-0.2, 0) is 17.1 Å². The number of piperidine rings is 1. The molecule has 2 fully saturated rings. The largest absolute Gasteiger partial charge is 0.416 e. The van der Waals surface area contributed by atoms with E-state index in [1.165, 1.54) is 4.90 Å². The number of halogens is 6. The van der Waals surface area contributed by atoms with Gasteiger partial charge in [-0.15, -0.1) is 0 Å². The van der Waals surface area contributed by atoms with Crippen molar-refractivity contribution in [2.45, 2.75) is 38.0 Å². The highest BCUT2D eigenvalue weighted by Gasteiger charge is 2.52. The number of carbonyl (C=O) groups is 2. The van der Waals surface area contributed by atoms with E-state index in [0.29, 0.717) is 18.7 Å². The molecule has 182 valence electrons. The van der Waals surface area contributed by atoms with Gasteiger partial charge < -0.3 is 10.2 Å². The normalized spacial score (nSPS) is 20.5. The zero-order valence-corrected chi connectivity index (χ0v) is 18.2. The highest BCUT2D eigenvalue weighted by atomic mass is 19.4. The molecular weight excluding hydrogens is 462 g/mol. The molecule has 2 aliphatic rings. The number of rotatable bonds is 2. The number of nitrogens with one attached hydrogen (secondary N) is 1. The first-order valence-corrected chi connectivity index (χ1v) is 10.8. The second kappa shape index (κ2) is 8.32. The number of hydrogen-bond donors (Lipinski definition) is 1.